The molecule has 1 aromatic heterocycles. The highest BCUT2D eigenvalue weighted by Crippen LogP contribution is 2.28. The molecular weight excluding hydrogens is 282 g/mol. The lowest BCUT2D eigenvalue weighted by molar-refractivity contribution is 0.277. The number of aliphatic hydroxyl groups is 1. The smallest absolute Gasteiger partial charge is 0.0853 e. The van der Waals surface area contributed by atoms with E-state index >= 15 is 0 Å². The summed E-state index contributed by atoms with van der Waals surface area (Å²) in [6, 6.07) is 15.6. The number of pyridine rings is 1. The van der Waals surface area contributed by atoms with Crippen LogP contribution in [-0.2, 0) is 32.3 Å². The molecule has 1 heterocycles. The number of benzene rings is 2. The van der Waals surface area contributed by atoms with Crippen LogP contribution in [0.5, 0.6) is 0 Å². The fourth-order valence-corrected chi connectivity index (χ4v) is 3.66. The summed E-state index contributed by atoms with van der Waals surface area (Å²) in [6.45, 7) is 2.14. The highest BCUT2D eigenvalue weighted by molar-refractivity contribution is 5.88. The Kier molecular flexibility index (Phi) is 3.62. The molecule has 2 aromatic carbocycles. The summed E-state index contributed by atoms with van der Waals surface area (Å²) in [7, 11) is 0. The molecule has 2 heteroatoms. The number of aliphatic hydroxyl groups excluding tert-OH is 1. The van der Waals surface area contributed by atoms with Crippen LogP contribution < -0.4 is 0 Å². The maximum atomic E-state index is 9.51. The molecule has 0 aliphatic heterocycles. The first-order valence-corrected chi connectivity index (χ1v) is 8.34. The summed E-state index contributed by atoms with van der Waals surface area (Å²) in [5.74, 6) is 0. The Bertz CT molecular complexity index is 865. The van der Waals surface area contributed by atoms with Crippen molar-refractivity contribution >= 4 is 10.9 Å². The van der Waals surface area contributed by atoms with Gasteiger partial charge < -0.3 is 5.11 Å². The minimum absolute atomic E-state index is 0.00121. The van der Waals surface area contributed by atoms with Gasteiger partial charge >= 0.3 is 0 Å². The number of aryl methyl sites for hydroxylation is 5. The van der Waals surface area contributed by atoms with Crippen molar-refractivity contribution in [3.63, 3.8) is 0 Å². The van der Waals surface area contributed by atoms with E-state index in [2.05, 4.69) is 43.3 Å². The van der Waals surface area contributed by atoms with Crippen molar-refractivity contribution in [3.05, 3.63) is 76.0 Å². The van der Waals surface area contributed by atoms with Gasteiger partial charge in [-0.3, -0.25) is 4.98 Å². The molecule has 116 valence electrons. The van der Waals surface area contributed by atoms with E-state index in [1.807, 2.05) is 6.07 Å². The Morgan fingerprint density at radius 2 is 1.48 bits per heavy atom. The monoisotopic (exact) mass is 303 g/mol. The van der Waals surface area contributed by atoms with Crippen LogP contribution in [0.2, 0.25) is 0 Å². The van der Waals surface area contributed by atoms with Gasteiger partial charge in [-0.1, -0.05) is 36.4 Å². The molecule has 0 saturated heterocycles. The molecule has 4 aliphatic rings. The van der Waals surface area contributed by atoms with Crippen molar-refractivity contribution in [1.82, 2.24) is 4.98 Å². The van der Waals surface area contributed by atoms with Crippen molar-refractivity contribution in [1.29, 1.82) is 0 Å². The lowest BCUT2D eigenvalue weighted by Gasteiger charge is -2.16. The zero-order valence-corrected chi connectivity index (χ0v) is 13.5. The maximum absolute atomic E-state index is 9.51. The lowest BCUT2D eigenvalue weighted by atomic mass is 9.91. The normalized spacial score (nSPS) is 14.0. The number of aromatic nitrogens is 1. The number of nitrogens with zero attached hydrogens (tertiary/aromatic N) is 1. The van der Waals surface area contributed by atoms with Crippen LogP contribution in [0.15, 0.2) is 42.5 Å². The number of rotatable bonds is 1. The van der Waals surface area contributed by atoms with E-state index in [9.17, 15) is 5.11 Å². The first-order valence-electron chi connectivity index (χ1n) is 8.34. The first-order chi connectivity index (χ1) is 11.2. The predicted molar refractivity (Wildman–Crippen MR) is 93.7 cm³/mol. The maximum Gasteiger partial charge on any atom is 0.0853 e. The van der Waals surface area contributed by atoms with Gasteiger partial charge in [-0.2, -0.15) is 0 Å². The van der Waals surface area contributed by atoms with Crippen molar-refractivity contribution in [3.8, 4) is 0 Å². The summed E-state index contributed by atoms with van der Waals surface area (Å²) in [4.78, 5) is 4.75. The van der Waals surface area contributed by atoms with Crippen molar-refractivity contribution < 1.29 is 5.11 Å². The van der Waals surface area contributed by atoms with Gasteiger partial charge in [0.05, 0.1) is 17.8 Å². The molecule has 2 nitrogen and oxygen atoms in total. The molecule has 23 heavy (non-hydrogen) atoms. The summed E-state index contributed by atoms with van der Waals surface area (Å²) in [6.07, 6.45) is 4.09. The highest BCUT2D eigenvalue weighted by Gasteiger charge is 2.13. The quantitative estimate of drug-likeness (QED) is 0.739. The average Bonchev–Trinajstić information content (AvgIpc) is 2.57. The average molecular weight is 303 g/mol. The summed E-state index contributed by atoms with van der Waals surface area (Å²) >= 11 is 0. The fraction of sp³-hybridized carbons (Fsp3) is 0.286. The van der Waals surface area contributed by atoms with Gasteiger partial charge in [0.2, 0.25) is 0 Å². The van der Waals surface area contributed by atoms with Crippen LogP contribution in [0.3, 0.4) is 0 Å². The molecule has 7 rings (SSSR count). The topological polar surface area (TPSA) is 33.1 Å². The van der Waals surface area contributed by atoms with Crippen LogP contribution in [0.1, 0.15) is 33.5 Å². The zero-order valence-electron chi connectivity index (χ0n) is 13.5. The van der Waals surface area contributed by atoms with Gasteiger partial charge in [-0.15, -0.1) is 0 Å². The molecule has 0 fully saturated rings. The Balaban J connectivity index is 1.93. The van der Waals surface area contributed by atoms with Crippen molar-refractivity contribution in [2.75, 3.05) is 0 Å². The molecule has 0 unspecified atom stereocenters. The Morgan fingerprint density at radius 3 is 2.13 bits per heavy atom. The third kappa shape index (κ3) is 2.64. The summed E-state index contributed by atoms with van der Waals surface area (Å²) in [5, 5.41) is 10.8. The second kappa shape index (κ2) is 5.78. The van der Waals surface area contributed by atoms with E-state index in [-0.39, 0.29) is 6.61 Å². The van der Waals surface area contributed by atoms with Gasteiger partial charge in [-0.05, 0) is 66.5 Å². The summed E-state index contributed by atoms with van der Waals surface area (Å²) < 4.78 is 0. The van der Waals surface area contributed by atoms with Crippen LogP contribution in [0.4, 0.5) is 0 Å². The standard InChI is InChI=1S/C21H21NO/c1-14-12-19(13-23)22-21-18-9-7-16-4-2-15(3-5-16)6-8-17(10-11-18)20(14)21/h2-5,10-12,23H,6-9,13H2,1H3. The van der Waals surface area contributed by atoms with E-state index in [4.69, 9.17) is 4.98 Å². The van der Waals surface area contributed by atoms with E-state index < -0.39 is 0 Å². The highest BCUT2D eigenvalue weighted by atomic mass is 16.3. The molecule has 1 N–H and O–H groups in total. The van der Waals surface area contributed by atoms with Gasteiger partial charge in [0.15, 0.2) is 0 Å². The van der Waals surface area contributed by atoms with Crippen molar-refractivity contribution in [2.24, 2.45) is 0 Å². The lowest BCUT2D eigenvalue weighted by Crippen LogP contribution is -2.03. The number of hydrogen-bond donors (Lipinski definition) is 1. The molecule has 0 spiro atoms. The van der Waals surface area contributed by atoms with E-state index in [1.54, 1.807) is 0 Å². The summed E-state index contributed by atoms with van der Waals surface area (Å²) in [5.41, 5.74) is 8.49. The minimum atomic E-state index is 0.00121. The van der Waals surface area contributed by atoms with Crippen LogP contribution in [-0.4, -0.2) is 10.1 Å². The molecular formula is C21H21NO. The molecule has 3 aromatic rings. The molecule has 0 atom stereocenters. The molecule has 0 radical (unpaired) electrons. The second-order valence-electron chi connectivity index (χ2n) is 6.51. The van der Waals surface area contributed by atoms with E-state index in [0.717, 1.165) is 36.9 Å². The van der Waals surface area contributed by atoms with Crippen molar-refractivity contribution in [2.45, 2.75) is 39.2 Å². The van der Waals surface area contributed by atoms with E-state index in [1.165, 1.54) is 33.2 Å². The first kappa shape index (κ1) is 14.4. The Labute approximate surface area is 136 Å². The third-order valence-corrected chi connectivity index (χ3v) is 4.93. The van der Waals surface area contributed by atoms with Gasteiger partial charge in [0.25, 0.3) is 0 Å². The van der Waals surface area contributed by atoms with Gasteiger partial charge in [-0.25, -0.2) is 0 Å². The van der Waals surface area contributed by atoms with Crippen LogP contribution in [0, 0.1) is 6.92 Å². The fourth-order valence-electron chi connectivity index (χ4n) is 3.66. The van der Waals surface area contributed by atoms with Gasteiger partial charge in [0, 0.05) is 5.39 Å². The number of hydrogen-bond acceptors (Lipinski definition) is 2. The largest absolute Gasteiger partial charge is 0.390 e. The van der Waals surface area contributed by atoms with Crippen LogP contribution >= 0.6 is 0 Å². The Hall–Kier alpha value is -2.19. The van der Waals surface area contributed by atoms with Gasteiger partial charge in [0.1, 0.15) is 0 Å². The van der Waals surface area contributed by atoms with E-state index in [0.29, 0.717) is 0 Å². The molecule has 0 amide bonds. The SMILES string of the molecule is Cc1cc(CO)nc2c3ccc(c12)CCc1ccc(cc1)CC3. The molecule has 4 aliphatic carbocycles. The molecule has 4 bridgehead atoms. The van der Waals surface area contributed by atoms with Crippen LogP contribution in [0.25, 0.3) is 10.9 Å². The third-order valence-electron chi connectivity index (χ3n) is 4.93. The minimum Gasteiger partial charge on any atom is -0.390 e. The second-order valence-corrected chi connectivity index (χ2v) is 6.51. The zero-order chi connectivity index (χ0) is 15.8. The molecule has 0 saturated carbocycles. The predicted octanol–water partition coefficient (Wildman–Crippen LogP) is 3.92. The Morgan fingerprint density at radius 1 is 0.870 bits per heavy atom.